The number of carbonyl (C=O) groups is 1. The van der Waals surface area contributed by atoms with Gasteiger partial charge in [-0.2, -0.15) is 0 Å². The summed E-state index contributed by atoms with van der Waals surface area (Å²) in [6.45, 7) is 0. The highest BCUT2D eigenvalue weighted by atomic mass is 32.2. The normalized spacial score (nSPS) is 18.0. The van der Waals surface area contributed by atoms with Gasteiger partial charge in [-0.1, -0.05) is 18.2 Å². The zero-order valence-corrected chi connectivity index (χ0v) is 16.7. The molecule has 0 aromatic carbocycles. The zero-order chi connectivity index (χ0) is 18.1. The summed E-state index contributed by atoms with van der Waals surface area (Å²) < 4.78 is 7.15. The van der Waals surface area contributed by atoms with Crippen LogP contribution in [0.4, 0.5) is 0 Å². The van der Waals surface area contributed by atoms with Crippen LogP contribution in [0.3, 0.4) is 0 Å². The van der Waals surface area contributed by atoms with Crippen LogP contribution in [0.25, 0.3) is 10.2 Å². The Morgan fingerprint density at radius 2 is 2.00 bits per heavy atom. The minimum Gasteiger partial charge on any atom is -0.462 e. The van der Waals surface area contributed by atoms with Gasteiger partial charge >= 0.3 is 5.97 Å². The number of hydrogen-bond donors (Lipinski definition) is 0. The number of thiophene rings is 1. The molecule has 0 spiro atoms. The third-order valence-electron chi connectivity index (χ3n) is 5.32. The van der Waals surface area contributed by atoms with E-state index in [4.69, 9.17) is 9.72 Å². The van der Waals surface area contributed by atoms with Crippen LogP contribution in [0, 0.1) is 0 Å². The number of nitrogens with zero attached hydrogens (tertiary/aromatic N) is 2. The van der Waals surface area contributed by atoms with Crippen LogP contribution in [-0.4, -0.2) is 27.4 Å². The number of aryl methyl sites for hydroxylation is 2. The second kappa shape index (κ2) is 7.72. The molecule has 0 atom stereocenters. The van der Waals surface area contributed by atoms with Crippen LogP contribution in [0.5, 0.6) is 0 Å². The Balaban J connectivity index is 1.50. The fraction of sp³-hybridized carbons (Fsp3) is 0.632. The van der Waals surface area contributed by atoms with E-state index in [0.717, 1.165) is 55.2 Å². The summed E-state index contributed by atoms with van der Waals surface area (Å²) in [6.07, 6.45) is 9.89. The van der Waals surface area contributed by atoms with Crippen molar-refractivity contribution in [1.82, 2.24) is 9.55 Å². The lowest BCUT2D eigenvalue weighted by molar-refractivity contribution is -0.147. The first-order valence-corrected chi connectivity index (χ1v) is 11.3. The van der Waals surface area contributed by atoms with Crippen LogP contribution >= 0.6 is 23.1 Å². The molecular weight excluding hydrogens is 368 g/mol. The van der Waals surface area contributed by atoms with Gasteiger partial charge in [-0.05, 0) is 56.9 Å². The summed E-state index contributed by atoms with van der Waals surface area (Å²) >= 11 is 2.95. The topological polar surface area (TPSA) is 61.2 Å². The molecule has 0 N–H and O–H groups in total. The molecule has 26 heavy (non-hydrogen) atoms. The van der Waals surface area contributed by atoms with E-state index in [9.17, 15) is 9.59 Å². The molecule has 2 aliphatic rings. The van der Waals surface area contributed by atoms with Crippen molar-refractivity contribution >= 4 is 39.3 Å². The van der Waals surface area contributed by atoms with Crippen molar-refractivity contribution in [3.8, 4) is 0 Å². The average molecular weight is 393 g/mol. The number of esters is 1. The Hall–Kier alpha value is -1.34. The molecule has 0 amide bonds. The fourth-order valence-electron chi connectivity index (χ4n) is 3.92. The molecule has 1 saturated carbocycles. The predicted molar refractivity (Wildman–Crippen MR) is 105 cm³/mol. The summed E-state index contributed by atoms with van der Waals surface area (Å²) in [5.41, 5.74) is 1.22. The SMILES string of the molecule is Cn1c(SCC(=O)OC2CCCCC2)nc2sc3c(c2c1=O)CCCC3. The van der Waals surface area contributed by atoms with Crippen molar-refractivity contribution in [2.24, 2.45) is 7.05 Å². The lowest BCUT2D eigenvalue weighted by Gasteiger charge is -2.21. The van der Waals surface area contributed by atoms with E-state index in [-0.39, 0.29) is 23.4 Å². The molecule has 7 heteroatoms. The number of rotatable bonds is 4. The summed E-state index contributed by atoms with van der Waals surface area (Å²) in [6, 6.07) is 0. The van der Waals surface area contributed by atoms with E-state index in [1.807, 2.05) is 0 Å². The molecule has 2 aromatic heterocycles. The number of aromatic nitrogens is 2. The van der Waals surface area contributed by atoms with Gasteiger partial charge in [0.2, 0.25) is 0 Å². The zero-order valence-electron chi connectivity index (χ0n) is 15.1. The van der Waals surface area contributed by atoms with Crippen LogP contribution in [-0.2, 0) is 29.4 Å². The van der Waals surface area contributed by atoms with Crippen molar-refractivity contribution in [3.05, 3.63) is 20.8 Å². The average Bonchev–Trinajstić information content (AvgIpc) is 3.02. The van der Waals surface area contributed by atoms with Crippen LogP contribution in [0.2, 0.25) is 0 Å². The van der Waals surface area contributed by atoms with Gasteiger partial charge in [0.05, 0.1) is 11.1 Å². The van der Waals surface area contributed by atoms with Crippen LogP contribution in [0.1, 0.15) is 55.4 Å². The maximum absolute atomic E-state index is 12.8. The number of carbonyl (C=O) groups excluding carboxylic acids is 1. The molecule has 1 fully saturated rings. The molecule has 2 aromatic rings. The van der Waals surface area contributed by atoms with Crippen molar-refractivity contribution < 1.29 is 9.53 Å². The lowest BCUT2D eigenvalue weighted by atomic mass is 9.97. The fourth-order valence-corrected chi connectivity index (χ4v) is 5.98. The van der Waals surface area contributed by atoms with Gasteiger partial charge in [0.1, 0.15) is 10.9 Å². The van der Waals surface area contributed by atoms with Gasteiger partial charge in [-0.25, -0.2) is 4.98 Å². The molecule has 2 aliphatic carbocycles. The van der Waals surface area contributed by atoms with Crippen molar-refractivity contribution in [3.63, 3.8) is 0 Å². The molecule has 140 valence electrons. The van der Waals surface area contributed by atoms with Gasteiger partial charge in [-0.3, -0.25) is 14.2 Å². The standard InChI is InChI=1S/C19H24N2O3S2/c1-21-18(23)16-13-9-5-6-10-14(13)26-17(16)20-19(21)25-11-15(22)24-12-7-3-2-4-8-12/h12H,2-11H2,1H3. The first-order valence-electron chi connectivity index (χ1n) is 9.47. The highest BCUT2D eigenvalue weighted by molar-refractivity contribution is 7.99. The second-order valence-corrected chi connectivity index (χ2v) is 9.21. The number of hydrogen-bond acceptors (Lipinski definition) is 6. The first kappa shape index (κ1) is 18.0. The Morgan fingerprint density at radius 1 is 1.23 bits per heavy atom. The van der Waals surface area contributed by atoms with Crippen molar-refractivity contribution in [2.75, 3.05) is 5.75 Å². The highest BCUT2D eigenvalue weighted by Crippen LogP contribution is 2.34. The summed E-state index contributed by atoms with van der Waals surface area (Å²) in [5.74, 6) is -0.00498. The van der Waals surface area contributed by atoms with Crippen molar-refractivity contribution in [2.45, 2.75) is 69.0 Å². The molecule has 2 heterocycles. The van der Waals surface area contributed by atoms with E-state index in [0.29, 0.717) is 5.16 Å². The lowest BCUT2D eigenvalue weighted by Crippen LogP contribution is -2.23. The molecule has 4 rings (SSSR count). The van der Waals surface area contributed by atoms with E-state index < -0.39 is 0 Å². The number of thioether (sulfide) groups is 1. The quantitative estimate of drug-likeness (QED) is 0.449. The van der Waals surface area contributed by atoms with Crippen molar-refractivity contribution in [1.29, 1.82) is 0 Å². The third-order valence-corrected chi connectivity index (χ3v) is 7.51. The molecule has 0 bridgehead atoms. The van der Waals surface area contributed by atoms with Gasteiger partial charge in [0.25, 0.3) is 5.56 Å². The number of fused-ring (bicyclic) bond motifs is 3. The highest BCUT2D eigenvalue weighted by Gasteiger charge is 2.22. The third kappa shape index (κ3) is 3.56. The largest absolute Gasteiger partial charge is 0.462 e. The summed E-state index contributed by atoms with van der Waals surface area (Å²) in [7, 11) is 1.75. The summed E-state index contributed by atoms with van der Waals surface area (Å²) in [5, 5.41) is 1.39. The Bertz CT molecular complexity index is 881. The molecule has 0 radical (unpaired) electrons. The Labute approximate surface area is 161 Å². The molecule has 0 saturated heterocycles. The van der Waals surface area contributed by atoms with Gasteiger partial charge in [-0.15, -0.1) is 11.3 Å². The minimum atomic E-state index is -0.207. The minimum absolute atomic E-state index is 0.0116. The molecule has 0 aliphatic heterocycles. The van der Waals surface area contributed by atoms with Crippen LogP contribution in [0.15, 0.2) is 9.95 Å². The maximum Gasteiger partial charge on any atom is 0.316 e. The summed E-state index contributed by atoms with van der Waals surface area (Å²) in [4.78, 5) is 31.8. The second-order valence-electron chi connectivity index (χ2n) is 7.19. The molecule has 0 unspecified atom stereocenters. The monoisotopic (exact) mass is 392 g/mol. The van der Waals surface area contributed by atoms with Gasteiger partial charge < -0.3 is 4.74 Å². The van der Waals surface area contributed by atoms with E-state index >= 15 is 0 Å². The maximum atomic E-state index is 12.8. The molecular formula is C19H24N2O3S2. The Morgan fingerprint density at radius 3 is 2.81 bits per heavy atom. The van der Waals surface area contributed by atoms with Gasteiger partial charge in [0, 0.05) is 11.9 Å². The van der Waals surface area contributed by atoms with E-state index in [1.165, 1.54) is 35.0 Å². The smallest absolute Gasteiger partial charge is 0.316 e. The van der Waals surface area contributed by atoms with E-state index in [1.54, 1.807) is 23.0 Å². The van der Waals surface area contributed by atoms with Crippen LogP contribution < -0.4 is 5.56 Å². The van der Waals surface area contributed by atoms with E-state index in [2.05, 4.69) is 0 Å². The predicted octanol–water partition coefficient (Wildman–Crippen LogP) is 3.84. The number of ether oxygens (including phenoxy) is 1. The molecule has 5 nitrogen and oxygen atoms in total. The first-order chi connectivity index (χ1) is 12.6. The van der Waals surface area contributed by atoms with Gasteiger partial charge in [0.15, 0.2) is 5.16 Å². The Kier molecular flexibility index (Phi) is 5.36.